The molecular formula is C13H12ClNOS. The van der Waals surface area contributed by atoms with Gasteiger partial charge in [-0.15, -0.1) is 0 Å². The van der Waals surface area contributed by atoms with Crippen molar-refractivity contribution in [3.63, 3.8) is 0 Å². The van der Waals surface area contributed by atoms with E-state index in [0.29, 0.717) is 5.02 Å². The Morgan fingerprint density at radius 2 is 1.88 bits per heavy atom. The molecule has 17 heavy (non-hydrogen) atoms. The van der Waals surface area contributed by atoms with Gasteiger partial charge in [-0.3, -0.25) is 0 Å². The van der Waals surface area contributed by atoms with E-state index in [9.17, 15) is 5.11 Å². The number of aliphatic hydroxyl groups is 1. The van der Waals surface area contributed by atoms with E-state index in [2.05, 4.69) is 4.98 Å². The lowest BCUT2D eigenvalue weighted by molar-refractivity contribution is 0.199. The molecule has 1 aromatic heterocycles. The molecule has 0 radical (unpaired) electrons. The second kappa shape index (κ2) is 5.54. The third-order valence-electron chi connectivity index (χ3n) is 2.29. The van der Waals surface area contributed by atoms with Crippen LogP contribution in [0.4, 0.5) is 0 Å². The molecule has 4 heteroatoms. The van der Waals surface area contributed by atoms with Crippen LogP contribution < -0.4 is 0 Å². The first-order chi connectivity index (χ1) is 8.15. The monoisotopic (exact) mass is 265 g/mol. The molecule has 1 N–H and O–H groups in total. The molecule has 0 fully saturated rings. The molecule has 0 unspecified atom stereocenters. The van der Waals surface area contributed by atoms with E-state index in [0.717, 1.165) is 15.5 Å². The van der Waals surface area contributed by atoms with E-state index < -0.39 is 6.10 Å². The van der Waals surface area contributed by atoms with Gasteiger partial charge in [0.1, 0.15) is 5.03 Å². The molecule has 0 aliphatic carbocycles. The molecule has 0 saturated heterocycles. The summed E-state index contributed by atoms with van der Waals surface area (Å²) in [7, 11) is 0. The van der Waals surface area contributed by atoms with Crippen LogP contribution in [0.25, 0.3) is 0 Å². The second-order valence-corrected chi connectivity index (χ2v) is 5.19. The van der Waals surface area contributed by atoms with Gasteiger partial charge in [-0.1, -0.05) is 35.5 Å². The average Bonchev–Trinajstić information content (AvgIpc) is 2.33. The van der Waals surface area contributed by atoms with Crippen LogP contribution in [0.5, 0.6) is 0 Å². The Hall–Kier alpha value is -1.03. The van der Waals surface area contributed by atoms with Crippen LogP contribution in [-0.2, 0) is 0 Å². The third-order valence-corrected chi connectivity index (χ3v) is 3.47. The van der Waals surface area contributed by atoms with Crippen molar-refractivity contribution in [1.29, 1.82) is 0 Å². The van der Waals surface area contributed by atoms with Gasteiger partial charge in [0.05, 0.1) is 11.1 Å². The maximum atomic E-state index is 9.40. The Balaban J connectivity index is 2.11. The summed E-state index contributed by atoms with van der Waals surface area (Å²) in [4.78, 5) is 5.30. The van der Waals surface area contributed by atoms with Gasteiger partial charge in [0, 0.05) is 11.1 Å². The van der Waals surface area contributed by atoms with Crippen molar-refractivity contribution in [3.05, 3.63) is 53.2 Å². The van der Waals surface area contributed by atoms with Crippen LogP contribution in [0, 0.1) is 0 Å². The predicted octanol–water partition coefficient (Wildman–Crippen LogP) is 3.94. The molecule has 0 saturated carbocycles. The maximum Gasteiger partial charge on any atom is 0.101 e. The number of pyridine rings is 1. The van der Waals surface area contributed by atoms with Crippen molar-refractivity contribution < 1.29 is 5.11 Å². The van der Waals surface area contributed by atoms with Gasteiger partial charge < -0.3 is 5.11 Å². The Kier molecular flexibility index (Phi) is 4.05. The highest BCUT2D eigenvalue weighted by molar-refractivity contribution is 7.99. The SMILES string of the molecule is C[C@H](O)c1ccc(Sc2ccc(Cl)cn2)cc1. The second-order valence-electron chi connectivity index (χ2n) is 3.66. The number of aromatic nitrogens is 1. The van der Waals surface area contributed by atoms with E-state index in [-0.39, 0.29) is 0 Å². The summed E-state index contributed by atoms with van der Waals surface area (Å²) in [6.45, 7) is 1.75. The summed E-state index contributed by atoms with van der Waals surface area (Å²) in [5.74, 6) is 0. The fourth-order valence-electron chi connectivity index (χ4n) is 1.36. The molecule has 88 valence electrons. The molecule has 1 heterocycles. The largest absolute Gasteiger partial charge is 0.389 e. The number of rotatable bonds is 3. The molecule has 0 spiro atoms. The molecular weight excluding hydrogens is 254 g/mol. The molecule has 0 aliphatic rings. The molecule has 1 atom stereocenters. The Bertz CT molecular complexity index is 482. The highest BCUT2D eigenvalue weighted by Crippen LogP contribution is 2.27. The van der Waals surface area contributed by atoms with E-state index in [1.165, 1.54) is 0 Å². The zero-order chi connectivity index (χ0) is 12.3. The van der Waals surface area contributed by atoms with Gasteiger partial charge in [0.25, 0.3) is 0 Å². The number of halogens is 1. The molecule has 0 aliphatic heterocycles. The fourth-order valence-corrected chi connectivity index (χ4v) is 2.22. The van der Waals surface area contributed by atoms with Gasteiger partial charge in [-0.05, 0) is 36.8 Å². The van der Waals surface area contributed by atoms with Crippen LogP contribution in [0.15, 0.2) is 52.5 Å². The molecule has 1 aromatic carbocycles. The Morgan fingerprint density at radius 1 is 1.18 bits per heavy atom. The maximum absolute atomic E-state index is 9.40. The summed E-state index contributed by atoms with van der Waals surface area (Å²) in [5.41, 5.74) is 0.915. The van der Waals surface area contributed by atoms with Crippen molar-refractivity contribution in [1.82, 2.24) is 4.98 Å². The number of benzene rings is 1. The Morgan fingerprint density at radius 3 is 2.41 bits per heavy atom. The number of nitrogens with zero attached hydrogens (tertiary/aromatic N) is 1. The number of hydrogen-bond donors (Lipinski definition) is 1. The first-order valence-corrected chi connectivity index (χ1v) is 6.42. The smallest absolute Gasteiger partial charge is 0.101 e. The van der Waals surface area contributed by atoms with Crippen molar-refractivity contribution in [2.45, 2.75) is 22.9 Å². The van der Waals surface area contributed by atoms with Gasteiger partial charge in [-0.2, -0.15) is 0 Å². The van der Waals surface area contributed by atoms with Gasteiger partial charge in [0.2, 0.25) is 0 Å². The molecule has 2 nitrogen and oxygen atoms in total. The highest BCUT2D eigenvalue weighted by Gasteiger charge is 2.02. The van der Waals surface area contributed by atoms with Crippen molar-refractivity contribution in [3.8, 4) is 0 Å². The summed E-state index contributed by atoms with van der Waals surface area (Å²) in [6, 6.07) is 11.5. The van der Waals surface area contributed by atoms with Crippen LogP contribution in [0.3, 0.4) is 0 Å². The summed E-state index contributed by atoms with van der Waals surface area (Å²) < 4.78 is 0. The summed E-state index contributed by atoms with van der Waals surface area (Å²) in [5, 5.41) is 10.9. The third kappa shape index (κ3) is 3.46. The van der Waals surface area contributed by atoms with Crippen LogP contribution >= 0.6 is 23.4 Å². The standard InChI is InChI=1S/C13H12ClNOS/c1-9(16)10-2-5-12(6-3-10)17-13-7-4-11(14)8-15-13/h2-9,16H,1H3/t9-/m0/s1. The zero-order valence-electron chi connectivity index (χ0n) is 9.30. The lowest BCUT2D eigenvalue weighted by atomic mass is 10.1. The fraction of sp³-hybridized carbons (Fsp3) is 0.154. The zero-order valence-corrected chi connectivity index (χ0v) is 10.9. The highest BCUT2D eigenvalue weighted by atomic mass is 35.5. The first-order valence-electron chi connectivity index (χ1n) is 5.22. The van der Waals surface area contributed by atoms with Crippen LogP contribution in [0.1, 0.15) is 18.6 Å². The quantitative estimate of drug-likeness (QED) is 0.913. The predicted molar refractivity (Wildman–Crippen MR) is 70.4 cm³/mol. The minimum atomic E-state index is -0.428. The van der Waals surface area contributed by atoms with Gasteiger partial charge in [-0.25, -0.2) is 4.98 Å². The van der Waals surface area contributed by atoms with Gasteiger partial charge >= 0.3 is 0 Å². The molecule has 0 bridgehead atoms. The molecule has 0 amide bonds. The van der Waals surface area contributed by atoms with E-state index in [4.69, 9.17) is 11.6 Å². The van der Waals surface area contributed by atoms with E-state index >= 15 is 0 Å². The van der Waals surface area contributed by atoms with E-state index in [1.807, 2.05) is 36.4 Å². The number of aliphatic hydroxyl groups excluding tert-OH is 1. The number of hydrogen-bond acceptors (Lipinski definition) is 3. The van der Waals surface area contributed by atoms with E-state index in [1.54, 1.807) is 24.9 Å². The van der Waals surface area contributed by atoms with Crippen molar-refractivity contribution in [2.75, 3.05) is 0 Å². The molecule has 2 rings (SSSR count). The average molecular weight is 266 g/mol. The summed E-state index contributed by atoms with van der Waals surface area (Å²) >= 11 is 7.34. The van der Waals surface area contributed by atoms with Crippen LogP contribution in [-0.4, -0.2) is 10.1 Å². The summed E-state index contributed by atoms with van der Waals surface area (Å²) in [6.07, 6.45) is 1.20. The van der Waals surface area contributed by atoms with Crippen molar-refractivity contribution in [2.24, 2.45) is 0 Å². The van der Waals surface area contributed by atoms with Crippen LogP contribution in [0.2, 0.25) is 5.02 Å². The topological polar surface area (TPSA) is 33.1 Å². The minimum Gasteiger partial charge on any atom is -0.389 e. The first kappa shape index (κ1) is 12.4. The normalized spacial score (nSPS) is 12.4. The Labute approximate surface area is 110 Å². The lowest BCUT2D eigenvalue weighted by Crippen LogP contribution is -1.89. The molecule has 2 aromatic rings. The minimum absolute atomic E-state index is 0.428. The van der Waals surface area contributed by atoms with Crippen molar-refractivity contribution >= 4 is 23.4 Å². The van der Waals surface area contributed by atoms with Gasteiger partial charge in [0.15, 0.2) is 0 Å². The lowest BCUT2D eigenvalue weighted by Gasteiger charge is -2.05.